The van der Waals surface area contributed by atoms with Crippen LogP contribution in [0.3, 0.4) is 0 Å². The van der Waals surface area contributed by atoms with Crippen LogP contribution in [0, 0.1) is 0 Å². The van der Waals surface area contributed by atoms with Crippen molar-refractivity contribution in [1.82, 2.24) is 15.0 Å². The molecule has 0 bridgehead atoms. The minimum absolute atomic E-state index is 0.315. The lowest BCUT2D eigenvalue weighted by atomic mass is 9.85. The van der Waals surface area contributed by atoms with Gasteiger partial charge < -0.3 is 4.42 Å². The van der Waals surface area contributed by atoms with Crippen LogP contribution in [0.2, 0.25) is 0 Å². The van der Waals surface area contributed by atoms with Crippen molar-refractivity contribution in [2.24, 2.45) is 0 Å². The van der Waals surface area contributed by atoms with Crippen LogP contribution in [-0.4, -0.2) is 15.0 Å². The Morgan fingerprint density at radius 1 is 0.473 bits per heavy atom. The molecule has 0 N–H and O–H groups in total. The third-order valence-corrected chi connectivity index (χ3v) is 11.1. The molecule has 2 aromatic heterocycles. The Kier molecular flexibility index (Phi) is 7.27. The second kappa shape index (κ2) is 12.8. The highest BCUT2D eigenvalue weighted by Gasteiger charge is 2.22. The fourth-order valence-electron chi connectivity index (χ4n) is 8.20. The van der Waals surface area contributed by atoms with E-state index in [4.69, 9.17) is 19.4 Å². The Bertz CT molecular complexity index is 3140. The summed E-state index contributed by atoms with van der Waals surface area (Å²) in [7, 11) is 0. The van der Waals surface area contributed by atoms with E-state index in [1.54, 1.807) is 0 Å². The van der Waals surface area contributed by atoms with Gasteiger partial charge >= 0.3 is 0 Å². The second-order valence-corrected chi connectivity index (χ2v) is 14.4. The SMILES string of the molecule is C1=CC(c2ccc(-c3nc(-c4ccc5ccccc5c4)nc(-c4ccc(-c5ccc6ccccc6c5)c5oc6ccccc6c45)n3)cc2)Cc2ccccc21. The first-order valence-corrected chi connectivity index (χ1v) is 18.8. The summed E-state index contributed by atoms with van der Waals surface area (Å²) in [6.07, 6.45) is 5.55. The van der Waals surface area contributed by atoms with Crippen LogP contribution in [0.4, 0.5) is 0 Å². The van der Waals surface area contributed by atoms with Crippen molar-refractivity contribution in [2.45, 2.75) is 12.3 Å². The van der Waals surface area contributed by atoms with E-state index in [-0.39, 0.29) is 0 Å². The number of furan rings is 1. The Morgan fingerprint density at radius 2 is 1.07 bits per heavy atom. The first-order valence-electron chi connectivity index (χ1n) is 18.8. The molecule has 2 heterocycles. The molecule has 1 aliphatic rings. The number of nitrogens with zero attached hydrogens (tertiary/aromatic N) is 3. The van der Waals surface area contributed by atoms with Crippen LogP contribution in [0.1, 0.15) is 22.6 Å². The molecule has 1 atom stereocenters. The molecule has 0 radical (unpaired) electrons. The van der Waals surface area contributed by atoms with Crippen molar-refractivity contribution in [3.8, 4) is 45.3 Å². The standard InChI is InChI=1S/C51H33N3O/c1-4-12-37-29-40(24-19-32(37)9-1)35-17-22-36(23-18-35)49-52-50(42-26-21-34-11-3-6-14-39(34)31-42)54-51(53-49)45-28-27-43(41-25-20-33-10-2-5-13-38(33)30-41)48-47(45)44-15-7-8-16-46(44)55-48/h1-28,30-31,40H,29H2. The molecule has 1 unspecified atom stereocenters. The number of benzene rings is 8. The molecule has 0 fully saturated rings. The van der Waals surface area contributed by atoms with Crippen molar-refractivity contribution in [3.63, 3.8) is 0 Å². The van der Waals surface area contributed by atoms with Gasteiger partial charge in [-0.2, -0.15) is 0 Å². The van der Waals surface area contributed by atoms with Gasteiger partial charge in [0, 0.05) is 38.9 Å². The smallest absolute Gasteiger partial charge is 0.164 e. The maximum atomic E-state index is 6.71. The Morgan fingerprint density at radius 3 is 1.87 bits per heavy atom. The van der Waals surface area contributed by atoms with Gasteiger partial charge in [0.05, 0.1) is 0 Å². The average molecular weight is 704 g/mol. The number of allylic oxidation sites excluding steroid dienone is 1. The summed E-state index contributed by atoms with van der Waals surface area (Å²) in [5.74, 6) is 2.17. The van der Waals surface area contributed by atoms with Gasteiger partial charge in [-0.1, -0.05) is 152 Å². The van der Waals surface area contributed by atoms with Crippen molar-refractivity contribution < 1.29 is 4.42 Å². The van der Waals surface area contributed by atoms with E-state index in [0.29, 0.717) is 23.4 Å². The van der Waals surface area contributed by atoms with Crippen LogP contribution in [0.15, 0.2) is 180 Å². The fourth-order valence-corrected chi connectivity index (χ4v) is 8.20. The molecule has 8 aromatic carbocycles. The molecule has 4 nitrogen and oxygen atoms in total. The van der Waals surface area contributed by atoms with Gasteiger partial charge in [0.25, 0.3) is 0 Å². The van der Waals surface area contributed by atoms with E-state index in [0.717, 1.165) is 61.6 Å². The average Bonchev–Trinajstić information content (AvgIpc) is 3.65. The Labute approximate surface area is 318 Å². The molecule has 0 spiro atoms. The summed E-state index contributed by atoms with van der Waals surface area (Å²) < 4.78 is 6.71. The second-order valence-electron chi connectivity index (χ2n) is 14.4. The quantitative estimate of drug-likeness (QED) is 0.179. The van der Waals surface area contributed by atoms with Crippen LogP contribution in [0.5, 0.6) is 0 Å². The van der Waals surface area contributed by atoms with Gasteiger partial charge in [-0.15, -0.1) is 0 Å². The molecule has 55 heavy (non-hydrogen) atoms. The van der Waals surface area contributed by atoms with Gasteiger partial charge in [0.1, 0.15) is 11.2 Å². The summed E-state index contributed by atoms with van der Waals surface area (Å²) in [6.45, 7) is 0. The number of rotatable bonds is 5. The minimum atomic E-state index is 0.315. The highest BCUT2D eigenvalue weighted by atomic mass is 16.3. The molecule has 4 heteroatoms. The third kappa shape index (κ3) is 5.50. The summed E-state index contributed by atoms with van der Waals surface area (Å²) in [6, 6.07) is 59.8. The fraction of sp³-hybridized carbons (Fsp3) is 0.0392. The number of hydrogen-bond donors (Lipinski definition) is 0. The van der Waals surface area contributed by atoms with Gasteiger partial charge in [0.2, 0.25) is 0 Å². The van der Waals surface area contributed by atoms with E-state index >= 15 is 0 Å². The van der Waals surface area contributed by atoms with Gasteiger partial charge in [-0.3, -0.25) is 0 Å². The Hall–Kier alpha value is -7.17. The van der Waals surface area contributed by atoms with Crippen LogP contribution >= 0.6 is 0 Å². The van der Waals surface area contributed by atoms with E-state index in [9.17, 15) is 0 Å². The van der Waals surface area contributed by atoms with Gasteiger partial charge in [-0.05, 0) is 80.6 Å². The van der Waals surface area contributed by atoms with Crippen molar-refractivity contribution >= 4 is 49.6 Å². The lowest BCUT2D eigenvalue weighted by molar-refractivity contribution is 0.670. The molecule has 0 aliphatic heterocycles. The largest absolute Gasteiger partial charge is 0.455 e. The third-order valence-electron chi connectivity index (χ3n) is 11.1. The predicted molar refractivity (Wildman–Crippen MR) is 226 cm³/mol. The van der Waals surface area contributed by atoms with Crippen molar-refractivity contribution in [3.05, 3.63) is 193 Å². The normalized spacial score (nSPS) is 13.9. The first-order chi connectivity index (χ1) is 27.2. The molecular formula is C51H33N3O. The monoisotopic (exact) mass is 703 g/mol. The van der Waals surface area contributed by atoms with E-state index in [2.05, 4.69) is 170 Å². The summed E-state index contributed by atoms with van der Waals surface area (Å²) in [4.78, 5) is 15.6. The van der Waals surface area contributed by atoms with Crippen LogP contribution in [0.25, 0.3) is 94.8 Å². The zero-order chi connectivity index (χ0) is 36.3. The zero-order valence-electron chi connectivity index (χ0n) is 29.9. The minimum Gasteiger partial charge on any atom is -0.455 e. The zero-order valence-corrected chi connectivity index (χ0v) is 29.9. The molecule has 0 amide bonds. The lowest BCUT2D eigenvalue weighted by Crippen LogP contribution is -2.05. The van der Waals surface area contributed by atoms with E-state index in [1.165, 1.54) is 32.8 Å². The molecule has 258 valence electrons. The molecule has 0 saturated heterocycles. The first kappa shape index (κ1) is 31.4. The van der Waals surface area contributed by atoms with Crippen LogP contribution in [-0.2, 0) is 6.42 Å². The molecule has 1 aliphatic carbocycles. The highest BCUT2D eigenvalue weighted by molar-refractivity contribution is 6.16. The molecule has 10 aromatic rings. The molecule has 0 saturated carbocycles. The van der Waals surface area contributed by atoms with Gasteiger partial charge in [-0.25, -0.2) is 15.0 Å². The number of para-hydroxylation sites is 1. The Balaban J connectivity index is 1.08. The molecular weight excluding hydrogens is 671 g/mol. The van der Waals surface area contributed by atoms with E-state index in [1.807, 2.05) is 12.1 Å². The predicted octanol–water partition coefficient (Wildman–Crippen LogP) is 13.1. The van der Waals surface area contributed by atoms with E-state index < -0.39 is 0 Å². The molecule has 11 rings (SSSR count). The highest BCUT2D eigenvalue weighted by Crippen LogP contribution is 2.42. The maximum Gasteiger partial charge on any atom is 0.164 e. The number of fused-ring (bicyclic) bond motifs is 6. The number of hydrogen-bond acceptors (Lipinski definition) is 4. The summed E-state index contributed by atoms with van der Waals surface area (Å²) in [5, 5.41) is 6.71. The topological polar surface area (TPSA) is 51.8 Å². The summed E-state index contributed by atoms with van der Waals surface area (Å²) in [5.41, 5.74) is 10.5. The van der Waals surface area contributed by atoms with Crippen molar-refractivity contribution in [1.29, 1.82) is 0 Å². The van der Waals surface area contributed by atoms with Gasteiger partial charge in [0.15, 0.2) is 17.5 Å². The maximum absolute atomic E-state index is 6.71. The lowest BCUT2D eigenvalue weighted by Gasteiger charge is -2.20. The van der Waals surface area contributed by atoms with Crippen molar-refractivity contribution in [2.75, 3.05) is 0 Å². The van der Waals surface area contributed by atoms with Crippen LogP contribution < -0.4 is 0 Å². The summed E-state index contributed by atoms with van der Waals surface area (Å²) >= 11 is 0. The number of aromatic nitrogens is 3.